The van der Waals surface area contributed by atoms with E-state index in [0.29, 0.717) is 23.8 Å². The molecule has 1 aliphatic rings. The van der Waals surface area contributed by atoms with Crippen molar-refractivity contribution < 1.29 is 13.9 Å². The first-order chi connectivity index (χ1) is 20.1. The zero-order valence-electron chi connectivity index (χ0n) is 22.7. The summed E-state index contributed by atoms with van der Waals surface area (Å²) >= 11 is 0. The smallest absolute Gasteiger partial charge is 0.137 e. The Morgan fingerprint density at radius 2 is 1.80 bits per heavy atom. The van der Waals surface area contributed by atoms with Crippen molar-refractivity contribution in [2.24, 2.45) is 0 Å². The average Bonchev–Trinajstić information content (AvgIpc) is 3.76. The number of halogens is 1. The van der Waals surface area contributed by atoms with Gasteiger partial charge >= 0.3 is 0 Å². The molecule has 1 aliphatic heterocycles. The highest BCUT2D eigenvalue weighted by atomic mass is 19.1. The van der Waals surface area contributed by atoms with E-state index < -0.39 is 0 Å². The lowest BCUT2D eigenvalue weighted by atomic mass is 10.0. The van der Waals surface area contributed by atoms with Gasteiger partial charge in [-0.1, -0.05) is 12.1 Å². The maximum absolute atomic E-state index is 14.7. The molecule has 0 bridgehead atoms. The van der Waals surface area contributed by atoms with Crippen LogP contribution in [0, 0.1) is 5.82 Å². The van der Waals surface area contributed by atoms with E-state index in [-0.39, 0.29) is 5.82 Å². The fourth-order valence-electron chi connectivity index (χ4n) is 5.55. The molecule has 0 saturated carbocycles. The number of H-pyrrole nitrogens is 2. The number of hydrogen-bond donors (Lipinski definition) is 2. The summed E-state index contributed by atoms with van der Waals surface area (Å²) in [5, 5.41) is 8.63. The van der Waals surface area contributed by atoms with Crippen LogP contribution in [0.15, 0.2) is 73.1 Å². The molecule has 206 valence electrons. The molecule has 0 atom stereocenters. The molecule has 8 nitrogen and oxygen atoms in total. The number of nitrogens with one attached hydrogen (secondary N) is 2. The van der Waals surface area contributed by atoms with Gasteiger partial charge in [0.25, 0.3) is 0 Å². The first-order valence-corrected chi connectivity index (χ1v) is 13.8. The third kappa shape index (κ3) is 5.00. The monoisotopic (exact) mass is 548 g/mol. The van der Waals surface area contributed by atoms with E-state index in [1.165, 1.54) is 18.9 Å². The van der Waals surface area contributed by atoms with Crippen LogP contribution < -0.4 is 9.47 Å². The second kappa shape index (κ2) is 10.7. The summed E-state index contributed by atoms with van der Waals surface area (Å²) in [7, 11) is 1.61. The van der Waals surface area contributed by atoms with Crippen LogP contribution in [0.1, 0.15) is 12.8 Å². The lowest BCUT2D eigenvalue weighted by molar-refractivity contribution is 0.237. The number of likely N-dealkylation sites (tertiary alicyclic amines) is 1. The summed E-state index contributed by atoms with van der Waals surface area (Å²) in [6, 6.07) is 18.7. The molecule has 41 heavy (non-hydrogen) atoms. The van der Waals surface area contributed by atoms with Gasteiger partial charge in [-0.25, -0.2) is 9.37 Å². The van der Waals surface area contributed by atoms with E-state index in [1.54, 1.807) is 25.6 Å². The molecular weight excluding hydrogens is 519 g/mol. The van der Waals surface area contributed by atoms with Gasteiger partial charge in [-0.05, 0) is 79.5 Å². The number of hydrogen-bond acceptors (Lipinski definition) is 6. The highest BCUT2D eigenvalue weighted by Gasteiger charge is 2.17. The highest BCUT2D eigenvalue weighted by Crippen LogP contribution is 2.36. The van der Waals surface area contributed by atoms with E-state index in [1.807, 2.05) is 48.5 Å². The molecule has 0 aliphatic carbocycles. The summed E-state index contributed by atoms with van der Waals surface area (Å²) < 4.78 is 26.0. The minimum atomic E-state index is -0.325. The first kappa shape index (κ1) is 25.2. The van der Waals surface area contributed by atoms with Crippen molar-refractivity contribution in [2.45, 2.75) is 12.8 Å². The Morgan fingerprint density at radius 1 is 0.927 bits per heavy atom. The Morgan fingerprint density at radius 3 is 2.68 bits per heavy atom. The normalized spacial score (nSPS) is 13.8. The molecule has 0 radical (unpaired) electrons. The molecule has 6 aromatic rings. The SMILES string of the molecule is COc1cncc(-c2ccc3[nH]nc(-c4cc5c(-c6cc(F)cc(OCCN7CCCC7)c6)cccc5[nH]4)c3n2)c1. The van der Waals surface area contributed by atoms with Crippen LogP contribution in [0.4, 0.5) is 4.39 Å². The zero-order valence-corrected chi connectivity index (χ0v) is 22.7. The van der Waals surface area contributed by atoms with E-state index in [4.69, 9.17) is 14.5 Å². The van der Waals surface area contributed by atoms with Gasteiger partial charge in [0.2, 0.25) is 0 Å². The van der Waals surface area contributed by atoms with Crippen molar-refractivity contribution in [2.75, 3.05) is 33.4 Å². The van der Waals surface area contributed by atoms with Gasteiger partial charge in [-0.15, -0.1) is 0 Å². The van der Waals surface area contributed by atoms with Crippen LogP contribution >= 0.6 is 0 Å². The number of benzene rings is 2. The molecular formula is C32H29FN6O2. The standard InChI is InChI=1S/C32H29FN6O2/c1-40-24-15-21(18-34-19-24)27-7-8-29-31(36-27)32(38-37-29)30-17-26-25(5-4-6-28(26)35-30)20-13-22(33)16-23(14-20)41-12-11-39-9-2-3-10-39/h4-8,13-19,35H,2-3,9-12H2,1H3,(H,37,38). The quantitative estimate of drug-likeness (QED) is 0.227. The summed E-state index contributed by atoms with van der Waals surface area (Å²) in [6.45, 7) is 3.60. The summed E-state index contributed by atoms with van der Waals surface area (Å²) in [5.41, 5.74) is 7.26. The number of pyridine rings is 2. The summed E-state index contributed by atoms with van der Waals surface area (Å²) in [4.78, 5) is 15.0. The molecule has 7 rings (SSSR count). The maximum atomic E-state index is 14.7. The van der Waals surface area contributed by atoms with Gasteiger partial charge in [0.1, 0.15) is 35.1 Å². The van der Waals surface area contributed by atoms with Crippen LogP contribution in [0.5, 0.6) is 11.5 Å². The van der Waals surface area contributed by atoms with Crippen LogP contribution in [-0.4, -0.2) is 63.4 Å². The lowest BCUT2D eigenvalue weighted by Gasteiger charge is -2.15. The zero-order chi connectivity index (χ0) is 27.8. The number of fused-ring (bicyclic) bond motifs is 2. The van der Waals surface area contributed by atoms with Crippen LogP contribution in [-0.2, 0) is 0 Å². The predicted molar refractivity (Wildman–Crippen MR) is 158 cm³/mol. The van der Waals surface area contributed by atoms with Gasteiger partial charge < -0.3 is 14.5 Å². The molecule has 2 N–H and O–H groups in total. The Balaban J connectivity index is 1.23. The second-order valence-corrected chi connectivity index (χ2v) is 10.3. The molecule has 9 heteroatoms. The van der Waals surface area contributed by atoms with Crippen molar-refractivity contribution in [1.29, 1.82) is 0 Å². The molecule has 0 amide bonds. The third-order valence-corrected chi connectivity index (χ3v) is 7.63. The lowest BCUT2D eigenvalue weighted by Crippen LogP contribution is -2.25. The molecule has 0 unspecified atom stereocenters. The van der Waals surface area contributed by atoms with Crippen LogP contribution in [0.2, 0.25) is 0 Å². The van der Waals surface area contributed by atoms with Gasteiger partial charge in [0, 0.05) is 35.3 Å². The van der Waals surface area contributed by atoms with Crippen LogP contribution in [0.3, 0.4) is 0 Å². The van der Waals surface area contributed by atoms with E-state index >= 15 is 0 Å². The minimum Gasteiger partial charge on any atom is -0.495 e. The number of nitrogens with zero attached hydrogens (tertiary/aromatic N) is 4. The van der Waals surface area contributed by atoms with E-state index in [2.05, 4.69) is 25.1 Å². The van der Waals surface area contributed by atoms with Crippen molar-refractivity contribution in [3.63, 3.8) is 0 Å². The van der Waals surface area contributed by atoms with Crippen molar-refractivity contribution >= 4 is 21.9 Å². The van der Waals surface area contributed by atoms with Crippen LogP contribution in [0.25, 0.3) is 55.7 Å². The predicted octanol–water partition coefficient (Wildman–Crippen LogP) is 6.46. The van der Waals surface area contributed by atoms with E-state index in [9.17, 15) is 4.39 Å². The Labute approximate surface area is 236 Å². The maximum Gasteiger partial charge on any atom is 0.137 e. The van der Waals surface area contributed by atoms with Crippen molar-refractivity contribution in [3.05, 3.63) is 78.9 Å². The first-order valence-electron chi connectivity index (χ1n) is 13.8. The number of methoxy groups -OCH3 is 1. The number of aromatic amines is 2. The fraction of sp³-hybridized carbons (Fsp3) is 0.219. The third-order valence-electron chi connectivity index (χ3n) is 7.63. The number of ether oxygens (including phenoxy) is 2. The minimum absolute atomic E-state index is 0.325. The topological polar surface area (TPSA) is 92.0 Å². The van der Waals surface area contributed by atoms with Gasteiger partial charge in [0.15, 0.2) is 0 Å². The Hall–Kier alpha value is -4.76. The Kier molecular flexibility index (Phi) is 6.56. The van der Waals surface area contributed by atoms with Gasteiger partial charge in [-0.2, -0.15) is 5.10 Å². The number of aromatic nitrogens is 5. The van der Waals surface area contributed by atoms with Crippen molar-refractivity contribution in [1.82, 2.24) is 30.0 Å². The van der Waals surface area contributed by atoms with Gasteiger partial charge in [-0.3, -0.25) is 15.0 Å². The molecule has 5 heterocycles. The average molecular weight is 549 g/mol. The molecule has 1 saturated heterocycles. The summed E-state index contributed by atoms with van der Waals surface area (Å²) in [6.07, 6.45) is 5.89. The molecule has 4 aromatic heterocycles. The van der Waals surface area contributed by atoms with Gasteiger partial charge in [0.05, 0.1) is 30.2 Å². The fourth-order valence-corrected chi connectivity index (χ4v) is 5.55. The molecule has 2 aromatic carbocycles. The summed E-state index contributed by atoms with van der Waals surface area (Å²) in [5.74, 6) is 0.875. The molecule has 1 fully saturated rings. The van der Waals surface area contributed by atoms with Crippen molar-refractivity contribution in [3.8, 4) is 45.3 Å². The molecule has 0 spiro atoms. The number of rotatable bonds is 8. The second-order valence-electron chi connectivity index (χ2n) is 10.3. The Bertz CT molecular complexity index is 1860. The largest absolute Gasteiger partial charge is 0.495 e. The highest BCUT2D eigenvalue weighted by molar-refractivity contribution is 6.00. The van der Waals surface area contributed by atoms with E-state index in [0.717, 1.165) is 69.6 Å².